The van der Waals surface area contributed by atoms with Crippen molar-refractivity contribution in [1.29, 1.82) is 0 Å². The van der Waals surface area contributed by atoms with Crippen molar-refractivity contribution in [3.05, 3.63) is 16.1 Å². The van der Waals surface area contributed by atoms with Crippen LogP contribution < -0.4 is 5.32 Å². The zero-order valence-corrected chi connectivity index (χ0v) is 12.4. The van der Waals surface area contributed by atoms with E-state index >= 15 is 0 Å². The first-order valence-electron chi connectivity index (χ1n) is 7.21. The van der Waals surface area contributed by atoms with Gasteiger partial charge in [0.25, 0.3) is 0 Å². The maximum absolute atomic E-state index is 4.54. The second kappa shape index (κ2) is 7.22. The lowest BCUT2D eigenvalue weighted by atomic mass is 10.1. The van der Waals surface area contributed by atoms with E-state index in [0.717, 1.165) is 13.0 Å². The molecular formula is C14H25N3S. The van der Waals surface area contributed by atoms with Crippen LogP contribution in [0.15, 0.2) is 6.20 Å². The Hall–Kier alpha value is -0.450. The van der Waals surface area contributed by atoms with Gasteiger partial charge in [-0.2, -0.15) is 0 Å². The fourth-order valence-electron chi connectivity index (χ4n) is 2.54. The Balaban J connectivity index is 1.90. The van der Waals surface area contributed by atoms with Gasteiger partial charge in [-0.3, -0.25) is 4.90 Å². The quantitative estimate of drug-likeness (QED) is 0.889. The Bertz CT molecular complexity index is 351. The molecular weight excluding hydrogens is 242 g/mol. The van der Waals surface area contributed by atoms with Crippen LogP contribution in [0.3, 0.4) is 0 Å². The van der Waals surface area contributed by atoms with E-state index in [0.29, 0.717) is 6.04 Å². The summed E-state index contributed by atoms with van der Waals surface area (Å²) in [6.45, 7) is 9.05. The number of aromatic nitrogens is 1. The van der Waals surface area contributed by atoms with Gasteiger partial charge in [-0.25, -0.2) is 4.98 Å². The number of nitrogens with one attached hydrogen (secondary N) is 1. The van der Waals surface area contributed by atoms with E-state index < -0.39 is 0 Å². The molecule has 4 heteroatoms. The maximum Gasteiger partial charge on any atom is 0.107 e. The molecule has 2 heterocycles. The minimum Gasteiger partial charge on any atom is -0.313 e. The van der Waals surface area contributed by atoms with E-state index in [1.807, 2.05) is 17.5 Å². The summed E-state index contributed by atoms with van der Waals surface area (Å²) in [4.78, 5) is 8.51. The summed E-state index contributed by atoms with van der Waals surface area (Å²) < 4.78 is 0. The Morgan fingerprint density at radius 3 is 3.11 bits per heavy atom. The predicted octanol–water partition coefficient (Wildman–Crippen LogP) is 2.67. The van der Waals surface area contributed by atoms with Crippen molar-refractivity contribution in [2.75, 3.05) is 19.6 Å². The second-order valence-electron chi connectivity index (χ2n) is 5.10. The highest BCUT2D eigenvalue weighted by Crippen LogP contribution is 2.16. The molecule has 0 amide bonds. The number of hydrogen-bond acceptors (Lipinski definition) is 4. The zero-order valence-electron chi connectivity index (χ0n) is 11.6. The van der Waals surface area contributed by atoms with Crippen LogP contribution >= 0.6 is 11.3 Å². The summed E-state index contributed by atoms with van der Waals surface area (Å²) in [5.41, 5.74) is 0. The minimum atomic E-state index is 0.670. The summed E-state index contributed by atoms with van der Waals surface area (Å²) in [6.07, 6.45) is 6.96. The lowest BCUT2D eigenvalue weighted by Gasteiger charge is -2.23. The first-order chi connectivity index (χ1) is 8.81. The molecule has 0 aliphatic carbocycles. The first kappa shape index (κ1) is 14.0. The molecule has 1 atom stereocenters. The van der Waals surface area contributed by atoms with E-state index in [1.54, 1.807) is 0 Å². The monoisotopic (exact) mass is 267 g/mol. The first-order valence-corrected chi connectivity index (χ1v) is 8.02. The van der Waals surface area contributed by atoms with E-state index in [4.69, 9.17) is 0 Å². The van der Waals surface area contributed by atoms with E-state index in [1.165, 1.54) is 48.8 Å². The molecule has 1 aliphatic rings. The molecule has 0 aromatic carbocycles. The number of aryl methyl sites for hydroxylation is 1. The SMILES string of the molecule is CCCC1CN(Cc2ncc(CC)s2)CCCN1. The van der Waals surface area contributed by atoms with Crippen LogP contribution in [0.2, 0.25) is 0 Å². The molecule has 102 valence electrons. The summed E-state index contributed by atoms with van der Waals surface area (Å²) in [5.74, 6) is 0. The van der Waals surface area contributed by atoms with Gasteiger partial charge in [-0.15, -0.1) is 11.3 Å². The number of nitrogens with zero attached hydrogens (tertiary/aromatic N) is 2. The molecule has 1 fully saturated rings. The number of rotatable bonds is 5. The summed E-state index contributed by atoms with van der Waals surface area (Å²) in [7, 11) is 0. The van der Waals surface area contributed by atoms with E-state index in [9.17, 15) is 0 Å². The van der Waals surface area contributed by atoms with Crippen molar-refractivity contribution < 1.29 is 0 Å². The normalized spacial score (nSPS) is 22.0. The van der Waals surface area contributed by atoms with Crippen LogP contribution in [0.25, 0.3) is 0 Å². The van der Waals surface area contributed by atoms with Crippen molar-refractivity contribution >= 4 is 11.3 Å². The predicted molar refractivity (Wildman–Crippen MR) is 78.1 cm³/mol. The molecule has 1 saturated heterocycles. The van der Waals surface area contributed by atoms with Gasteiger partial charge < -0.3 is 5.32 Å². The van der Waals surface area contributed by atoms with Crippen molar-refractivity contribution in [1.82, 2.24) is 15.2 Å². The Morgan fingerprint density at radius 1 is 1.50 bits per heavy atom. The fraction of sp³-hybridized carbons (Fsp3) is 0.786. The molecule has 2 rings (SSSR count). The second-order valence-corrected chi connectivity index (χ2v) is 6.30. The lowest BCUT2D eigenvalue weighted by Crippen LogP contribution is -2.37. The van der Waals surface area contributed by atoms with Gasteiger partial charge in [0, 0.05) is 23.7 Å². The molecule has 0 radical (unpaired) electrons. The molecule has 1 aromatic heterocycles. The maximum atomic E-state index is 4.54. The van der Waals surface area contributed by atoms with Gasteiger partial charge in [-0.05, 0) is 32.4 Å². The third-order valence-corrected chi connectivity index (χ3v) is 4.64. The molecule has 18 heavy (non-hydrogen) atoms. The highest BCUT2D eigenvalue weighted by Gasteiger charge is 2.17. The van der Waals surface area contributed by atoms with Crippen molar-refractivity contribution in [2.45, 2.75) is 52.1 Å². The third-order valence-electron chi connectivity index (χ3n) is 3.51. The van der Waals surface area contributed by atoms with Gasteiger partial charge >= 0.3 is 0 Å². The Labute approximate surface area is 115 Å². The van der Waals surface area contributed by atoms with Gasteiger partial charge in [0.15, 0.2) is 0 Å². The molecule has 0 spiro atoms. The van der Waals surface area contributed by atoms with E-state index in [-0.39, 0.29) is 0 Å². The van der Waals surface area contributed by atoms with Crippen molar-refractivity contribution in [3.63, 3.8) is 0 Å². The largest absolute Gasteiger partial charge is 0.313 e. The topological polar surface area (TPSA) is 28.2 Å². The average molecular weight is 267 g/mol. The lowest BCUT2D eigenvalue weighted by molar-refractivity contribution is 0.254. The molecule has 0 saturated carbocycles. The average Bonchev–Trinajstić information content (AvgIpc) is 2.70. The number of thiazole rings is 1. The summed E-state index contributed by atoms with van der Waals surface area (Å²) >= 11 is 1.87. The van der Waals surface area contributed by atoms with Crippen LogP contribution in [0, 0.1) is 0 Å². The molecule has 1 aromatic rings. The molecule has 3 nitrogen and oxygen atoms in total. The summed E-state index contributed by atoms with van der Waals surface area (Å²) in [5, 5.41) is 4.94. The van der Waals surface area contributed by atoms with Crippen molar-refractivity contribution in [2.24, 2.45) is 0 Å². The summed E-state index contributed by atoms with van der Waals surface area (Å²) in [6, 6.07) is 0.670. The van der Waals surface area contributed by atoms with Crippen LogP contribution in [0.4, 0.5) is 0 Å². The van der Waals surface area contributed by atoms with Gasteiger partial charge in [0.05, 0.1) is 6.54 Å². The smallest absolute Gasteiger partial charge is 0.107 e. The van der Waals surface area contributed by atoms with Crippen LogP contribution in [-0.4, -0.2) is 35.6 Å². The minimum absolute atomic E-state index is 0.670. The standard InChI is InChI=1S/C14H25N3S/c1-3-6-12-10-17(8-5-7-15-12)11-14-16-9-13(4-2)18-14/h9,12,15H,3-8,10-11H2,1-2H3. The Kier molecular flexibility index (Phi) is 5.60. The van der Waals surface area contributed by atoms with Gasteiger partial charge in [-0.1, -0.05) is 20.3 Å². The van der Waals surface area contributed by atoms with E-state index in [2.05, 4.69) is 29.0 Å². The van der Waals surface area contributed by atoms with Gasteiger partial charge in [0.1, 0.15) is 5.01 Å². The Morgan fingerprint density at radius 2 is 2.39 bits per heavy atom. The fourth-order valence-corrected chi connectivity index (χ4v) is 3.44. The third kappa shape index (κ3) is 4.04. The van der Waals surface area contributed by atoms with Crippen molar-refractivity contribution in [3.8, 4) is 0 Å². The zero-order chi connectivity index (χ0) is 12.8. The van der Waals surface area contributed by atoms with Crippen LogP contribution in [0.1, 0.15) is 43.0 Å². The molecule has 1 aliphatic heterocycles. The highest BCUT2D eigenvalue weighted by molar-refractivity contribution is 7.11. The van der Waals surface area contributed by atoms with Gasteiger partial charge in [0.2, 0.25) is 0 Å². The number of hydrogen-bond donors (Lipinski definition) is 1. The highest BCUT2D eigenvalue weighted by atomic mass is 32.1. The molecule has 1 N–H and O–H groups in total. The molecule has 0 bridgehead atoms. The van der Waals surface area contributed by atoms with Crippen LogP contribution in [-0.2, 0) is 13.0 Å². The molecule has 1 unspecified atom stereocenters. The van der Waals surface area contributed by atoms with Crippen LogP contribution in [0.5, 0.6) is 0 Å².